The van der Waals surface area contributed by atoms with E-state index in [4.69, 9.17) is 66.5 Å². The minimum atomic E-state index is -2.43. The van der Waals surface area contributed by atoms with E-state index in [2.05, 4.69) is 0 Å². The Morgan fingerprint density at radius 2 is 0.923 bits per heavy atom. The van der Waals surface area contributed by atoms with Gasteiger partial charge in [-0.2, -0.15) is 0 Å². The van der Waals surface area contributed by atoms with Crippen LogP contribution in [0.2, 0.25) is 24.4 Å². The van der Waals surface area contributed by atoms with Gasteiger partial charge in [-0.25, -0.2) is 0 Å². The summed E-state index contributed by atoms with van der Waals surface area (Å²) in [4.78, 5) is 0. The van der Waals surface area contributed by atoms with Crippen molar-refractivity contribution in [1.29, 1.82) is 0 Å². The van der Waals surface area contributed by atoms with Crippen molar-refractivity contribution in [2.75, 3.05) is 0 Å². The lowest BCUT2D eigenvalue weighted by atomic mass is 11.8. The molecule has 0 aliphatic rings. The molecule has 0 atom stereocenters. The Balaban J connectivity index is 4.25. The number of hydrogen-bond donors (Lipinski definition) is 0. The molecule has 0 aromatic carbocycles. The number of halogens is 6. The summed E-state index contributed by atoms with van der Waals surface area (Å²) in [5, 5.41) is 0. The normalized spacial score (nSPS) is 14.8. The molecule has 0 unspecified atom stereocenters. The van der Waals surface area contributed by atoms with Gasteiger partial charge in [-0.05, 0) is 24.4 Å². The highest BCUT2D eigenvalue weighted by Gasteiger charge is 2.43. The van der Waals surface area contributed by atoms with Crippen molar-refractivity contribution in [3.63, 3.8) is 0 Å². The second-order valence-corrected chi connectivity index (χ2v) is 28.3. The minimum Gasteiger partial charge on any atom is -0.146 e. The first-order valence-electron chi connectivity index (χ1n) is 3.55. The second kappa shape index (κ2) is 5.15. The van der Waals surface area contributed by atoms with E-state index in [1.54, 1.807) is 13.1 Å². The van der Waals surface area contributed by atoms with Crippen molar-refractivity contribution in [3.8, 4) is 0 Å². The molecule has 80 valence electrons. The summed E-state index contributed by atoms with van der Waals surface area (Å²) in [5.74, 6) is 0. The van der Waals surface area contributed by atoms with Gasteiger partial charge in [0.15, 0.2) is 0 Å². The van der Waals surface area contributed by atoms with Crippen LogP contribution in [0.15, 0.2) is 0 Å². The average Bonchev–Trinajstić information content (AvgIpc) is 1.43. The molecule has 9 heteroatoms. The van der Waals surface area contributed by atoms with Crippen LogP contribution < -0.4 is 0 Å². The van der Waals surface area contributed by atoms with Gasteiger partial charge in [-0.15, -0.1) is 66.5 Å². The average molecular weight is 355 g/mol. The molecule has 0 saturated heterocycles. The number of rotatable bonds is 4. The van der Waals surface area contributed by atoms with Gasteiger partial charge >= 0.3 is 0 Å². The Morgan fingerprint density at radius 3 is 1.08 bits per heavy atom. The van der Waals surface area contributed by atoms with Gasteiger partial charge in [-0.3, -0.25) is 0 Å². The van der Waals surface area contributed by atoms with E-state index >= 15 is 0 Å². The first kappa shape index (κ1) is 15.4. The summed E-state index contributed by atoms with van der Waals surface area (Å²) in [5.41, 5.74) is 1.02. The maximum Gasteiger partial charge on any atom is 0.250 e. The van der Waals surface area contributed by atoms with E-state index in [9.17, 15) is 0 Å². The minimum absolute atomic E-state index is 0.508. The smallest absolute Gasteiger partial charge is 0.146 e. The third-order valence-electron chi connectivity index (χ3n) is 1.14. The summed E-state index contributed by atoms with van der Waals surface area (Å²) < 4.78 is 0. The largest absolute Gasteiger partial charge is 0.250 e. The quantitative estimate of drug-likeness (QED) is 0.487. The fourth-order valence-corrected chi connectivity index (χ4v) is 32.6. The Morgan fingerprint density at radius 1 is 0.692 bits per heavy atom. The van der Waals surface area contributed by atoms with Gasteiger partial charge in [0.05, 0.1) is 0 Å². The van der Waals surface area contributed by atoms with Gasteiger partial charge in [-0.1, -0.05) is 0 Å². The van der Waals surface area contributed by atoms with Crippen molar-refractivity contribution < 1.29 is 0 Å². The third kappa shape index (κ3) is 10.7. The molecule has 0 heterocycles. The Hall–Kier alpha value is 2.39. The molecule has 0 aromatic rings. The summed E-state index contributed by atoms with van der Waals surface area (Å²) in [6.07, 6.45) is 0. The van der Waals surface area contributed by atoms with Crippen molar-refractivity contribution in [3.05, 3.63) is 0 Å². The van der Waals surface area contributed by atoms with Crippen LogP contribution in [-0.2, 0) is 0 Å². The van der Waals surface area contributed by atoms with E-state index in [-0.39, 0.29) is 0 Å². The Bertz CT molecular complexity index is 152. The predicted octanol–water partition coefficient (Wildman–Crippen LogP) is 5.08. The topological polar surface area (TPSA) is 0 Å². The van der Waals surface area contributed by atoms with Crippen LogP contribution in [0, 0.1) is 0 Å². The monoisotopic (exact) mass is 352 g/mol. The van der Waals surface area contributed by atoms with E-state index in [0.29, 0.717) is 11.3 Å². The summed E-state index contributed by atoms with van der Waals surface area (Å²) in [7, 11) is 0. The maximum absolute atomic E-state index is 6.14. The van der Waals surface area contributed by atoms with Gasteiger partial charge in [0.25, 0.3) is 6.69 Å². The zero-order valence-corrected chi connectivity index (χ0v) is 14.7. The molecule has 0 radical (unpaired) electrons. The van der Waals surface area contributed by atoms with E-state index in [0.717, 1.165) is 0 Å². The maximum atomic E-state index is 6.14. The lowest BCUT2D eigenvalue weighted by molar-refractivity contribution is 1.73. The van der Waals surface area contributed by atoms with Gasteiger partial charge in [0.2, 0.25) is 13.4 Å². The highest BCUT2D eigenvalue weighted by Crippen LogP contribution is 2.39. The SMILES string of the molecule is C[Si](Cl)(Cl)C[Si](Cl)(Cl)C[Si](C)(Cl)Cl. The highest BCUT2D eigenvalue weighted by atomic mass is 35.7. The molecule has 0 bridgehead atoms. The van der Waals surface area contributed by atoms with Crippen LogP contribution in [0.5, 0.6) is 0 Å². The van der Waals surface area contributed by atoms with Crippen LogP contribution in [0.1, 0.15) is 0 Å². The van der Waals surface area contributed by atoms with Crippen molar-refractivity contribution in [2.24, 2.45) is 0 Å². The predicted molar refractivity (Wildman–Crippen MR) is 73.7 cm³/mol. The molecule has 0 nitrogen and oxygen atoms in total. The first-order chi connectivity index (χ1) is 5.41. The Kier molecular flexibility index (Phi) is 6.09. The zero-order chi connectivity index (χ0) is 10.9. The summed E-state index contributed by atoms with van der Waals surface area (Å²) in [6, 6.07) is 0. The standard InChI is InChI=1S/C4H10Cl6Si3/c1-11(5,6)3-13(9,10)4-12(2,7)8/h3-4H2,1-2H3. The third-order valence-corrected chi connectivity index (χ3v) is 19.9. The molecule has 0 saturated carbocycles. The van der Waals surface area contributed by atoms with E-state index in [1.165, 1.54) is 0 Å². The van der Waals surface area contributed by atoms with E-state index < -0.39 is 20.1 Å². The molecule has 0 fully saturated rings. The van der Waals surface area contributed by atoms with Crippen molar-refractivity contribution in [1.82, 2.24) is 0 Å². The first-order valence-corrected chi connectivity index (χ1v) is 17.4. The highest BCUT2D eigenvalue weighted by molar-refractivity contribution is 7.60. The van der Waals surface area contributed by atoms with Gasteiger partial charge < -0.3 is 0 Å². The van der Waals surface area contributed by atoms with Crippen LogP contribution in [0.4, 0.5) is 0 Å². The molecular weight excluding hydrogens is 345 g/mol. The molecule has 0 aliphatic heterocycles. The van der Waals surface area contributed by atoms with Gasteiger partial charge in [0, 0.05) is 0 Å². The molecular formula is C4H10Cl6Si3. The fraction of sp³-hybridized carbons (Fsp3) is 1.00. The molecule has 0 amide bonds. The lowest BCUT2D eigenvalue weighted by Gasteiger charge is -2.24. The lowest BCUT2D eigenvalue weighted by Crippen LogP contribution is -2.36. The van der Waals surface area contributed by atoms with Gasteiger partial charge in [0.1, 0.15) is 0 Å². The van der Waals surface area contributed by atoms with Crippen LogP contribution >= 0.6 is 66.5 Å². The van der Waals surface area contributed by atoms with Crippen molar-refractivity contribution >= 4 is 86.6 Å². The van der Waals surface area contributed by atoms with Crippen LogP contribution in [-0.4, -0.2) is 20.1 Å². The fourth-order valence-electron chi connectivity index (χ4n) is 0.971. The zero-order valence-electron chi connectivity index (χ0n) is 7.18. The molecule has 0 N–H and O–H groups in total. The molecule has 0 rings (SSSR count). The molecule has 0 aromatic heterocycles. The second-order valence-electron chi connectivity index (χ2n) is 3.35. The molecule has 0 aliphatic carbocycles. The Labute approximate surface area is 110 Å². The van der Waals surface area contributed by atoms with Crippen LogP contribution in [0.3, 0.4) is 0 Å². The molecule has 0 spiro atoms. The summed E-state index contributed by atoms with van der Waals surface area (Å²) in [6.45, 7) is -3.33. The van der Waals surface area contributed by atoms with E-state index in [1.807, 2.05) is 0 Å². The number of hydrogen-bond acceptors (Lipinski definition) is 0. The van der Waals surface area contributed by atoms with Crippen LogP contribution in [0.25, 0.3) is 0 Å². The van der Waals surface area contributed by atoms with Crippen molar-refractivity contribution in [2.45, 2.75) is 24.4 Å². The molecule has 13 heavy (non-hydrogen) atoms. The summed E-state index contributed by atoms with van der Waals surface area (Å²) >= 11 is 36.1.